The van der Waals surface area contributed by atoms with Crippen molar-refractivity contribution < 1.29 is 23.7 Å². The molecule has 0 aliphatic carbocycles. The summed E-state index contributed by atoms with van der Waals surface area (Å²) in [6.45, 7) is 5.70. The maximum absolute atomic E-state index is 12.9. The number of benzene rings is 2. The molecule has 1 aliphatic rings. The molecule has 0 aromatic heterocycles. The molecule has 1 N–H and O–H groups in total. The highest BCUT2D eigenvalue weighted by molar-refractivity contribution is 6.32. The van der Waals surface area contributed by atoms with E-state index in [1.807, 2.05) is 31.2 Å². The van der Waals surface area contributed by atoms with Crippen LogP contribution in [-0.4, -0.2) is 64.5 Å². The minimum absolute atomic E-state index is 0.0128. The molecule has 1 atom stereocenters. The van der Waals surface area contributed by atoms with Crippen molar-refractivity contribution >= 4 is 17.5 Å². The largest absolute Gasteiger partial charge is 0.497 e. The summed E-state index contributed by atoms with van der Waals surface area (Å²) in [4.78, 5) is 15.2. The minimum atomic E-state index is -0.227. The summed E-state index contributed by atoms with van der Waals surface area (Å²) in [5.41, 5.74) is 1.52. The first kappa shape index (κ1) is 23.2. The van der Waals surface area contributed by atoms with E-state index in [0.717, 1.165) is 24.4 Å². The van der Waals surface area contributed by atoms with Crippen LogP contribution in [0, 0.1) is 0 Å². The Morgan fingerprint density at radius 1 is 1.16 bits per heavy atom. The molecular formula is C23H29ClN2O5. The number of carbonyl (C=O) groups is 1. The maximum atomic E-state index is 12.9. The molecule has 0 radical (unpaired) electrons. The predicted molar refractivity (Wildman–Crippen MR) is 120 cm³/mol. The van der Waals surface area contributed by atoms with Crippen molar-refractivity contribution in [3.8, 4) is 17.2 Å². The van der Waals surface area contributed by atoms with Crippen molar-refractivity contribution in [1.29, 1.82) is 0 Å². The fraction of sp³-hybridized carbons (Fsp3) is 0.435. The smallest absolute Gasteiger partial charge is 0.251 e. The van der Waals surface area contributed by atoms with Crippen LogP contribution in [0.25, 0.3) is 0 Å². The lowest BCUT2D eigenvalue weighted by Crippen LogP contribution is -2.43. The van der Waals surface area contributed by atoms with Gasteiger partial charge in [-0.05, 0) is 36.8 Å². The molecule has 2 aromatic carbocycles. The van der Waals surface area contributed by atoms with Gasteiger partial charge in [0, 0.05) is 25.2 Å². The van der Waals surface area contributed by atoms with E-state index in [0.29, 0.717) is 48.5 Å². The number of halogens is 1. The van der Waals surface area contributed by atoms with Gasteiger partial charge in [-0.15, -0.1) is 0 Å². The highest BCUT2D eigenvalue weighted by Gasteiger charge is 2.24. The van der Waals surface area contributed by atoms with Crippen molar-refractivity contribution in [2.24, 2.45) is 0 Å². The fourth-order valence-corrected chi connectivity index (χ4v) is 3.86. The van der Waals surface area contributed by atoms with E-state index in [2.05, 4.69) is 10.2 Å². The molecule has 8 heteroatoms. The molecule has 3 rings (SSSR count). The summed E-state index contributed by atoms with van der Waals surface area (Å²) in [5.74, 6) is 1.44. The van der Waals surface area contributed by atoms with Crippen molar-refractivity contribution in [2.45, 2.75) is 13.0 Å². The molecular weight excluding hydrogens is 420 g/mol. The van der Waals surface area contributed by atoms with Crippen LogP contribution in [0.2, 0.25) is 5.02 Å². The third kappa shape index (κ3) is 5.81. The molecule has 1 unspecified atom stereocenters. The number of methoxy groups -OCH3 is 2. The second-order valence-corrected chi connectivity index (χ2v) is 7.48. The molecule has 1 amide bonds. The quantitative estimate of drug-likeness (QED) is 0.632. The number of hydrogen-bond acceptors (Lipinski definition) is 6. The third-order valence-electron chi connectivity index (χ3n) is 5.22. The van der Waals surface area contributed by atoms with Gasteiger partial charge in [0.15, 0.2) is 11.5 Å². The van der Waals surface area contributed by atoms with E-state index in [1.165, 1.54) is 7.11 Å². The average Bonchev–Trinajstić information content (AvgIpc) is 2.81. The Morgan fingerprint density at radius 2 is 1.87 bits per heavy atom. The van der Waals surface area contributed by atoms with E-state index in [9.17, 15) is 4.79 Å². The van der Waals surface area contributed by atoms with Crippen molar-refractivity contribution in [3.05, 3.63) is 52.5 Å². The van der Waals surface area contributed by atoms with Gasteiger partial charge in [-0.25, -0.2) is 0 Å². The zero-order valence-electron chi connectivity index (χ0n) is 18.2. The second-order valence-electron chi connectivity index (χ2n) is 7.07. The average molecular weight is 449 g/mol. The molecule has 1 saturated heterocycles. The lowest BCUT2D eigenvalue weighted by molar-refractivity contribution is 0.0162. The monoisotopic (exact) mass is 448 g/mol. The molecule has 168 valence electrons. The number of nitrogens with zero attached hydrogens (tertiary/aromatic N) is 1. The normalized spacial score (nSPS) is 15.2. The molecule has 1 aliphatic heterocycles. The zero-order valence-corrected chi connectivity index (χ0v) is 18.9. The highest BCUT2D eigenvalue weighted by Crippen LogP contribution is 2.36. The topological polar surface area (TPSA) is 69.3 Å². The fourth-order valence-electron chi connectivity index (χ4n) is 3.60. The van der Waals surface area contributed by atoms with Gasteiger partial charge < -0.3 is 24.3 Å². The molecule has 0 bridgehead atoms. The number of carbonyl (C=O) groups excluding carboxylic acids is 1. The van der Waals surface area contributed by atoms with E-state index < -0.39 is 0 Å². The lowest BCUT2D eigenvalue weighted by Gasteiger charge is -2.35. The Morgan fingerprint density at radius 3 is 2.48 bits per heavy atom. The second kappa shape index (κ2) is 11.2. The van der Waals surface area contributed by atoms with Crippen molar-refractivity contribution in [1.82, 2.24) is 10.2 Å². The summed E-state index contributed by atoms with van der Waals surface area (Å²) in [7, 11) is 3.17. The molecule has 1 heterocycles. The lowest BCUT2D eigenvalue weighted by atomic mass is 10.0. The summed E-state index contributed by atoms with van der Waals surface area (Å²) >= 11 is 6.33. The van der Waals surface area contributed by atoms with E-state index in [1.54, 1.807) is 19.2 Å². The molecule has 0 spiro atoms. The first-order chi connectivity index (χ1) is 15.1. The van der Waals surface area contributed by atoms with Crippen LogP contribution in [-0.2, 0) is 4.74 Å². The van der Waals surface area contributed by atoms with Gasteiger partial charge in [0.25, 0.3) is 5.91 Å². The van der Waals surface area contributed by atoms with Crippen LogP contribution in [0.15, 0.2) is 36.4 Å². The van der Waals surface area contributed by atoms with Crippen LogP contribution in [0.3, 0.4) is 0 Å². The molecule has 2 aromatic rings. The third-order valence-corrected chi connectivity index (χ3v) is 5.50. The van der Waals surface area contributed by atoms with E-state index in [4.69, 9.17) is 30.5 Å². The molecule has 31 heavy (non-hydrogen) atoms. The summed E-state index contributed by atoms with van der Waals surface area (Å²) in [6, 6.07) is 11.2. The van der Waals surface area contributed by atoms with Gasteiger partial charge in [0.1, 0.15) is 5.75 Å². The SMILES string of the molecule is CCOc1c(Cl)cc(C(=O)NCC(c2ccc(OC)cc2)N2CCOCC2)cc1OC. The first-order valence-electron chi connectivity index (χ1n) is 10.3. The van der Waals surface area contributed by atoms with Crippen LogP contribution < -0.4 is 19.5 Å². The Labute approximate surface area is 188 Å². The predicted octanol–water partition coefficient (Wildman–Crippen LogP) is 3.56. The molecule has 7 nitrogen and oxygen atoms in total. The van der Waals surface area contributed by atoms with E-state index in [-0.39, 0.29) is 11.9 Å². The van der Waals surface area contributed by atoms with Crippen LogP contribution in [0.5, 0.6) is 17.2 Å². The summed E-state index contributed by atoms with van der Waals surface area (Å²) in [6.07, 6.45) is 0. The summed E-state index contributed by atoms with van der Waals surface area (Å²) in [5, 5.41) is 3.38. The highest BCUT2D eigenvalue weighted by atomic mass is 35.5. The van der Waals surface area contributed by atoms with Crippen LogP contribution in [0.4, 0.5) is 0 Å². The Kier molecular flexibility index (Phi) is 8.40. The van der Waals surface area contributed by atoms with Gasteiger partial charge in [-0.3, -0.25) is 9.69 Å². The first-order valence-corrected chi connectivity index (χ1v) is 10.7. The van der Waals surface area contributed by atoms with Gasteiger partial charge in [0.05, 0.1) is 45.1 Å². The standard InChI is InChI=1S/C23H29ClN2O5/c1-4-31-22-19(24)13-17(14-21(22)29-3)23(27)25-15-20(26-9-11-30-12-10-26)16-5-7-18(28-2)8-6-16/h5-8,13-14,20H,4,9-12,15H2,1-3H3,(H,25,27). The Hall–Kier alpha value is -2.48. The summed E-state index contributed by atoms with van der Waals surface area (Å²) < 4.78 is 21.7. The molecule has 0 saturated carbocycles. The number of rotatable bonds is 9. The van der Waals surface area contributed by atoms with Gasteiger partial charge in [-0.1, -0.05) is 23.7 Å². The number of ether oxygens (including phenoxy) is 4. The number of morpholine rings is 1. The number of hydrogen-bond donors (Lipinski definition) is 1. The van der Waals surface area contributed by atoms with Crippen molar-refractivity contribution in [2.75, 3.05) is 53.7 Å². The zero-order chi connectivity index (χ0) is 22.2. The Bertz CT molecular complexity index is 869. The van der Waals surface area contributed by atoms with Gasteiger partial charge in [0.2, 0.25) is 0 Å². The minimum Gasteiger partial charge on any atom is -0.497 e. The van der Waals surface area contributed by atoms with Crippen LogP contribution in [0.1, 0.15) is 28.9 Å². The van der Waals surface area contributed by atoms with Gasteiger partial charge >= 0.3 is 0 Å². The molecule has 1 fully saturated rings. The van der Waals surface area contributed by atoms with Crippen molar-refractivity contribution in [3.63, 3.8) is 0 Å². The maximum Gasteiger partial charge on any atom is 0.251 e. The number of amides is 1. The van der Waals surface area contributed by atoms with Crippen LogP contribution >= 0.6 is 11.6 Å². The van der Waals surface area contributed by atoms with E-state index >= 15 is 0 Å². The Balaban J connectivity index is 1.77. The van der Waals surface area contributed by atoms with Gasteiger partial charge in [-0.2, -0.15) is 0 Å². The number of nitrogens with one attached hydrogen (secondary N) is 1.